The Balaban J connectivity index is 1.92. The summed E-state index contributed by atoms with van der Waals surface area (Å²) in [5.41, 5.74) is 5.13. The standard InChI is InChI=1S/C15H16N2S/c1-10-5-7-11(8-6-10)9-14-16-13-4-2-3-12(13)15(18)17-14/h5-8H,2-4,9H2,1H3,(H,16,17,18). The van der Waals surface area contributed by atoms with Crippen LogP contribution in [-0.4, -0.2) is 9.97 Å². The Hall–Kier alpha value is -1.48. The molecule has 92 valence electrons. The van der Waals surface area contributed by atoms with Gasteiger partial charge < -0.3 is 4.98 Å². The molecular formula is C15H16N2S. The van der Waals surface area contributed by atoms with E-state index in [1.165, 1.54) is 28.8 Å². The van der Waals surface area contributed by atoms with Crippen molar-refractivity contribution in [1.29, 1.82) is 0 Å². The van der Waals surface area contributed by atoms with E-state index in [9.17, 15) is 0 Å². The maximum atomic E-state index is 5.37. The van der Waals surface area contributed by atoms with Crippen molar-refractivity contribution in [3.8, 4) is 0 Å². The Morgan fingerprint density at radius 3 is 2.78 bits per heavy atom. The SMILES string of the molecule is Cc1ccc(Cc2nc(=S)c3c([nH]2)CCC3)cc1. The molecule has 0 bridgehead atoms. The molecule has 3 heteroatoms. The molecule has 0 saturated heterocycles. The Morgan fingerprint density at radius 1 is 1.22 bits per heavy atom. The van der Waals surface area contributed by atoms with Crippen LogP contribution in [0.25, 0.3) is 0 Å². The molecule has 0 amide bonds. The number of benzene rings is 1. The third-order valence-corrected chi connectivity index (χ3v) is 3.84. The number of H-pyrrole nitrogens is 1. The number of hydrogen-bond donors (Lipinski definition) is 1. The van der Waals surface area contributed by atoms with Gasteiger partial charge in [-0.25, -0.2) is 4.98 Å². The smallest absolute Gasteiger partial charge is 0.133 e. The van der Waals surface area contributed by atoms with Crippen molar-refractivity contribution in [3.63, 3.8) is 0 Å². The van der Waals surface area contributed by atoms with Crippen LogP contribution in [0, 0.1) is 11.6 Å². The first-order valence-electron chi connectivity index (χ1n) is 6.39. The van der Waals surface area contributed by atoms with E-state index in [1.807, 2.05) is 0 Å². The minimum atomic E-state index is 0.795. The fourth-order valence-electron chi connectivity index (χ4n) is 2.49. The van der Waals surface area contributed by atoms with Crippen LogP contribution in [0.1, 0.15) is 34.6 Å². The lowest BCUT2D eigenvalue weighted by Gasteiger charge is -2.06. The molecule has 0 saturated carbocycles. The lowest BCUT2D eigenvalue weighted by molar-refractivity contribution is 0.885. The summed E-state index contributed by atoms with van der Waals surface area (Å²) in [6.07, 6.45) is 4.23. The van der Waals surface area contributed by atoms with Crippen LogP contribution in [0.5, 0.6) is 0 Å². The fourth-order valence-corrected chi connectivity index (χ4v) is 2.83. The molecule has 18 heavy (non-hydrogen) atoms. The number of nitrogens with zero attached hydrogens (tertiary/aromatic N) is 1. The van der Waals surface area contributed by atoms with Crippen molar-refractivity contribution >= 4 is 12.2 Å². The van der Waals surface area contributed by atoms with Gasteiger partial charge in [-0.15, -0.1) is 0 Å². The molecule has 2 aromatic rings. The first-order chi connectivity index (χ1) is 8.72. The highest BCUT2D eigenvalue weighted by Crippen LogP contribution is 2.21. The summed E-state index contributed by atoms with van der Waals surface area (Å²) in [4.78, 5) is 7.97. The number of aromatic amines is 1. The fraction of sp³-hybridized carbons (Fsp3) is 0.333. The van der Waals surface area contributed by atoms with E-state index in [0.29, 0.717) is 0 Å². The van der Waals surface area contributed by atoms with Gasteiger partial charge in [-0.05, 0) is 31.7 Å². The summed E-state index contributed by atoms with van der Waals surface area (Å²) in [7, 11) is 0. The largest absolute Gasteiger partial charge is 0.347 e. The summed E-state index contributed by atoms with van der Waals surface area (Å²) in [5, 5.41) is 0. The number of aromatic nitrogens is 2. The van der Waals surface area contributed by atoms with Crippen molar-refractivity contribution in [1.82, 2.24) is 9.97 Å². The number of fused-ring (bicyclic) bond motifs is 1. The number of hydrogen-bond acceptors (Lipinski definition) is 2. The monoisotopic (exact) mass is 256 g/mol. The first kappa shape index (κ1) is 11.6. The Bertz CT molecular complexity index is 626. The Labute approximate surface area is 112 Å². The highest BCUT2D eigenvalue weighted by atomic mass is 32.1. The van der Waals surface area contributed by atoms with Gasteiger partial charge in [0.2, 0.25) is 0 Å². The summed E-state index contributed by atoms with van der Waals surface area (Å²) in [6, 6.07) is 8.58. The molecule has 0 radical (unpaired) electrons. The minimum absolute atomic E-state index is 0.795. The van der Waals surface area contributed by atoms with Gasteiger partial charge in [-0.1, -0.05) is 42.0 Å². The maximum absolute atomic E-state index is 5.37. The zero-order chi connectivity index (χ0) is 12.5. The van der Waals surface area contributed by atoms with Crippen LogP contribution in [0.15, 0.2) is 24.3 Å². The van der Waals surface area contributed by atoms with E-state index in [2.05, 4.69) is 41.2 Å². The number of rotatable bonds is 2. The maximum Gasteiger partial charge on any atom is 0.133 e. The minimum Gasteiger partial charge on any atom is -0.347 e. The normalized spacial score (nSPS) is 13.6. The first-order valence-corrected chi connectivity index (χ1v) is 6.80. The van der Waals surface area contributed by atoms with E-state index in [1.54, 1.807) is 0 Å². The van der Waals surface area contributed by atoms with E-state index in [4.69, 9.17) is 12.2 Å². The molecule has 1 aliphatic carbocycles. The van der Waals surface area contributed by atoms with Crippen molar-refractivity contribution in [2.75, 3.05) is 0 Å². The summed E-state index contributed by atoms with van der Waals surface area (Å²) in [5.74, 6) is 0.990. The zero-order valence-corrected chi connectivity index (χ0v) is 11.3. The second-order valence-corrected chi connectivity index (χ2v) is 5.35. The van der Waals surface area contributed by atoms with E-state index >= 15 is 0 Å². The predicted octanol–water partition coefficient (Wildman–Crippen LogP) is 3.53. The van der Waals surface area contributed by atoms with E-state index in [0.717, 1.165) is 29.7 Å². The number of aryl methyl sites for hydroxylation is 2. The van der Waals surface area contributed by atoms with Crippen molar-refractivity contribution in [3.05, 3.63) is 57.1 Å². The molecular weight excluding hydrogens is 240 g/mol. The van der Waals surface area contributed by atoms with Crippen LogP contribution in [0.3, 0.4) is 0 Å². The van der Waals surface area contributed by atoms with Crippen molar-refractivity contribution < 1.29 is 0 Å². The van der Waals surface area contributed by atoms with Crippen LogP contribution in [-0.2, 0) is 19.3 Å². The molecule has 0 atom stereocenters. The van der Waals surface area contributed by atoms with Crippen molar-refractivity contribution in [2.24, 2.45) is 0 Å². The van der Waals surface area contributed by atoms with E-state index in [-0.39, 0.29) is 0 Å². The molecule has 1 heterocycles. The second kappa shape index (κ2) is 4.65. The van der Waals surface area contributed by atoms with Gasteiger partial charge in [-0.2, -0.15) is 0 Å². The lowest BCUT2D eigenvalue weighted by Crippen LogP contribution is -2.02. The molecule has 2 nitrogen and oxygen atoms in total. The summed E-state index contributed by atoms with van der Waals surface area (Å²) in [6.45, 7) is 2.10. The van der Waals surface area contributed by atoms with Crippen LogP contribution in [0.2, 0.25) is 0 Å². The summed E-state index contributed by atoms with van der Waals surface area (Å²) < 4.78 is 0.795. The summed E-state index contributed by atoms with van der Waals surface area (Å²) >= 11 is 5.37. The third-order valence-electron chi connectivity index (χ3n) is 3.50. The average molecular weight is 256 g/mol. The second-order valence-electron chi connectivity index (χ2n) is 4.96. The van der Waals surface area contributed by atoms with Gasteiger partial charge in [0.15, 0.2) is 0 Å². The van der Waals surface area contributed by atoms with Gasteiger partial charge in [-0.3, -0.25) is 0 Å². The molecule has 0 unspecified atom stereocenters. The highest BCUT2D eigenvalue weighted by molar-refractivity contribution is 7.71. The Kier molecular flexibility index (Phi) is 3.00. The number of nitrogens with one attached hydrogen (secondary N) is 1. The molecule has 3 rings (SSSR count). The van der Waals surface area contributed by atoms with E-state index < -0.39 is 0 Å². The molecule has 1 aliphatic rings. The average Bonchev–Trinajstić information content (AvgIpc) is 2.81. The molecule has 0 aliphatic heterocycles. The zero-order valence-electron chi connectivity index (χ0n) is 10.5. The molecule has 0 fully saturated rings. The van der Waals surface area contributed by atoms with Crippen LogP contribution >= 0.6 is 12.2 Å². The topological polar surface area (TPSA) is 28.7 Å². The molecule has 1 N–H and O–H groups in total. The van der Waals surface area contributed by atoms with Gasteiger partial charge in [0.25, 0.3) is 0 Å². The molecule has 0 spiro atoms. The highest BCUT2D eigenvalue weighted by Gasteiger charge is 2.14. The molecule has 1 aromatic heterocycles. The predicted molar refractivity (Wildman–Crippen MR) is 75.4 cm³/mol. The third kappa shape index (κ3) is 2.23. The van der Waals surface area contributed by atoms with Crippen LogP contribution < -0.4 is 0 Å². The molecule has 1 aromatic carbocycles. The van der Waals surface area contributed by atoms with Crippen LogP contribution in [0.4, 0.5) is 0 Å². The van der Waals surface area contributed by atoms with Crippen molar-refractivity contribution in [2.45, 2.75) is 32.6 Å². The van der Waals surface area contributed by atoms with Gasteiger partial charge in [0.05, 0.1) is 0 Å². The van der Waals surface area contributed by atoms with Gasteiger partial charge in [0.1, 0.15) is 10.5 Å². The Morgan fingerprint density at radius 2 is 2.00 bits per heavy atom. The lowest BCUT2D eigenvalue weighted by atomic mass is 10.1. The quantitative estimate of drug-likeness (QED) is 0.833. The van der Waals surface area contributed by atoms with Gasteiger partial charge >= 0.3 is 0 Å². The van der Waals surface area contributed by atoms with Gasteiger partial charge in [0, 0.05) is 17.7 Å².